The van der Waals surface area contributed by atoms with Crippen LogP contribution < -0.4 is 5.32 Å². The fourth-order valence-electron chi connectivity index (χ4n) is 2.58. The predicted molar refractivity (Wildman–Crippen MR) is 60.5 cm³/mol. The maximum absolute atomic E-state index is 3.41. The molecule has 82 valence electrons. The van der Waals surface area contributed by atoms with E-state index in [0.29, 0.717) is 5.41 Å². The predicted octanol–water partition coefficient (Wildman–Crippen LogP) is 1.86. The molecular formula is C12H24N2. The van der Waals surface area contributed by atoms with Crippen LogP contribution in [-0.4, -0.2) is 37.1 Å². The minimum Gasteiger partial charge on any atom is -0.317 e. The smallest absolute Gasteiger partial charge is 0.00910 e. The summed E-state index contributed by atoms with van der Waals surface area (Å²) in [5, 5.41) is 3.41. The normalized spacial score (nSPS) is 37.1. The number of rotatable bonds is 3. The Morgan fingerprint density at radius 3 is 2.64 bits per heavy atom. The Labute approximate surface area is 88.1 Å². The average Bonchev–Trinajstić information content (AvgIpc) is 2.88. The first kappa shape index (κ1) is 10.4. The van der Waals surface area contributed by atoms with Gasteiger partial charge < -0.3 is 10.2 Å². The molecule has 1 N–H and O–H groups in total. The van der Waals surface area contributed by atoms with Crippen molar-refractivity contribution in [3.8, 4) is 0 Å². The third-order valence-corrected chi connectivity index (χ3v) is 4.11. The molecule has 1 aliphatic carbocycles. The molecule has 0 spiro atoms. The Balaban J connectivity index is 1.82. The number of hydrogen-bond acceptors (Lipinski definition) is 2. The third kappa shape index (κ3) is 2.29. The molecule has 0 amide bonds. The SMILES string of the molecule is CNC1CCN(CC2(C)CC2)C(C)C1. The first-order valence-corrected chi connectivity index (χ1v) is 6.04. The molecular weight excluding hydrogens is 172 g/mol. The van der Waals surface area contributed by atoms with Crippen molar-refractivity contribution in [2.24, 2.45) is 5.41 Å². The van der Waals surface area contributed by atoms with Gasteiger partial charge in [-0.15, -0.1) is 0 Å². The molecule has 2 aliphatic rings. The largest absolute Gasteiger partial charge is 0.317 e. The Morgan fingerprint density at radius 1 is 1.43 bits per heavy atom. The van der Waals surface area contributed by atoms with Crippen LogP contribution in [0.2, 0.25) is 0 Å². The zero-order valence-corrected chi connectivity index (χ0v) is 9.84. The van der Waals surface area contributed by atoms with Gasteiger partial charge in [-0.3, -0.25) is 0 Å². The van der Waals surface area contributed by atoms with Crippen molar-refractivity contribution < 1.29 is 0 Å². The third-order valence-electron chi connectivity index (χ3n) is 4.11. The number of piperidine rings is 1. The summed E-state index contributed by atoms with van der Waals surface area (Å²) in [7, 11) is 2.09. The quantitative estimate of drug-likeness (QED) is 0.741. The highest BCUT2D eigenvalue weighted by molar-refractivity contribution is 4.94. The molecule has 0 aromatic carbocycles. The van der Waals surface area contributed by atoms with Crippen molar-refractivity contribution in [3.63, 3.8) is 0 Å². The van der Waals surface area contributed by atoms with Gasteiger partial charge in [0.25, 0.3) is 0 Å². The Kier molecular flexibility index (Phi) is 2.85. The van der Waals surface area contributed by atoms with Gasteiger partial charge in [0, 0.05) is 18.6 Å². The van der Waals surface area contributed by atoms with E-state index in [-0.39, 0.29) is 0 Å². The zero-order chi connectivity index (χ0) is 10.2. The summed E-state index contributed by atoms with van der Waals surface area (Å²) < 4.78 is 0. The van der Waals surface area contributed by atoms with Crippen LogP contribution in [0.25, 0.3) is 0 Å². The zero-order valence-electron chi connectivity index (χ0n) is 9.84. The van der Waals surface area contributed by atoms with E-state index >= 15 is 0 Å². The van der Waals surface area contributed by atoms with Crippen LogP contribution >= 0.6 is 0 Å². The summed E-state index contributed by atoms with van der Waals surface area (Å²) in [5.74, 6) is 0. The first-order chi connectivity index (χ1) is 6.63. The standard InChI is InChI=1S/C12H24N2/c1-10-8-11(13-3)4-7-14(10)9-12(2)5-6-12/h10-11,13H,4-9H2,1-3H3. The first-order valence-electron chi connectivity index (χ1n) is 6.04. The summed E-state index contributed by atoms with van der Waals surface area (Å²) in [6.45, 7) is 7.45. The highest BCUT2D eigenvalue weighted by Crippen LogP contribution is 2.46. The van der Waals surface area contributed by atoms with Gasteiger partial charge in [0.2, 0.25) is 0 Å². The molecule has 0 aromatic rings. The molecule has 2 atom stereocenters. The van der Waals surface area contributed by atoms with Gasteiger partial charge in [-0.1, -0.05) is 6.92 Å². The number of nitrogens with one attached hydrogen (secondary N) is 1. The van der Waals surface area contributed by atoms with Gasteiger partial charge in [-0.25, -0.2) is 0 Å². The van der Waals surface area contributed by atoms with Crippen LogP contribution in [-0.2, 0) is 0 Å². The average molecular weight is 196 g/mol. The molecule has 1 saturated carbocycles. The van der Waals surface area contributed by atoms with E-state index in [4.69, 9.17) is 0 Å². The Bertz CT molecular complexity index is 198. The van der Waals surface area contributed by atoms with Crippen molar-refractivity contribution in [1.29, 1.82) is 0 Å². The van der Waals surface area contributed by atoms with E-state index in [2.05, 4.69) is 31.1 Å². The number of nitrogens with zero attached hydrogens (tertiary/aromatic N) is 1. The second-order valence-electron chi connectivity index (χ2n) is 5.64. The number of likely N-dealkylation sites (tertiary alicyclic amines) is 1. The van der Waals surface area contributed by atoms with E-state index in [9.17, 15) is 0 Å². The Hall–Kier alpha value is -0.0800. The highest BCUT2D eigenvalue weighted by atomic mass is 15.2. The van der Waals surface area contributed by atoms with Crippen molar-refractivity contribution in [2.45, 2.75) is 51.6 Å². The lowest BCUT2D eigenvalue weighted by molar-refractivity contribution is 0.116. The second kappa shape index (κ2) is 3.82. The van der Waals surface area contributed by atoms with E-state index in [1.54, 1.807) is 0 Å². The van der Waals surface area contributed by atoms with Crippen molar-refractivity contribution >= 4 is 0 Å². The molecule has 2 heteroatoms. The molecule has 2 nitrogen and oxygen atoms in total. The van der Waals surface area contributed by atoms with Crippen molar-refractivity contribution in [1.82, 2.24) is 10.2 Å². The summed E-state index contributed by atoms with van der Waals surface area (Å²) >= 11 is 0. The van der Waals surface area contributed by atoms with Crippen LogP contribution in [0.1, 0.15) is 39.5 Å². The van der Waals surface area contributed by atoms with Gasteiger partial charge in [0.1, 0.15) is 0 Å². The maximum atomic E-state index is 3.41. The van der Waals surface area contributed by atoms with Crippen LogP contribution in [0, 0.1) is 5.41 Å². The molecule has 0 radical (unpaired) electrons. The highest BCUT2D eigenvalue weighted by Gasteiger charge is 2.40. The lowest BCUT2D eigenvalue weighted by atomic mass is 9.96. The molecule has 0 aromatic heterocycles. The van der Waals surface area contributed by atoms with Crippen molar-refractivity contribution in [2.75, 3.05) is 20.1 Å². The number of hydrogen-bond donors (Lipinski definition) is 1. The topological polar surface area (TPSA) is 15.3 Å². The molecule has 1 aliphatic heterocycles. The molecule has 2 unspecified atom stereocenters. The van der Waals surface area contributed by atoms with Crippen LogP contribution in [0.4, 0.5) is 0 Å². The van der Waals surface area contributed by atoms with E-state index in [1.807, 2.05) is 0 Å². The Morgan fingerprint density at radius 2 is 2.14 bits per heavy atom. The second-order valence-corrected chi connectivity index (χ2v) is 5.64. The molecule has 14 heavy (non-hydrogen) atoms. The van der Waals surface area contributed by atoms with Gasteiger partial charge >= 0.3 is 0 Å². The lowest BCUT2D eigenvalue weighted by Gasteiger charge is -2.39. The minimum atomic E-state index is 0.681. The van der Waals surface area contributed by atoms with Crippen molar-refractivity contribution in [3.05, 3.63) is 0 Å². The molecule has 0 bridgehead atoms. The summed E-state index contributed by atoms with van der Waals surface area (Å²) in [6.07, 6.45) is 5.56. The molecule has 1 saturated heterocycles. The summed E-state index contributed by atoms with van der Waals surface area (Å²) in [4.78, 5) is 2.70. The van der Waals surface area contributed by atoms with Gasteiger partial charge in [0.15, 0.2) is 0 Å². The maximum Gasteiger partial charge on any atom is 0.00910 e. The van der Waals surface area contributed by atoms with E-state index < -0.39 is 0 Å². The minimum absolute atomic E-state index is 0.681. The molecule has 2 fully saturated rings. The fourth-order valence-corrected chi connectivity index (χ4v) is 2.58. The van der Waals surface area contributed by atoms with Crippen LogP contribution in [0.5, 0.6) is 0 Å². The lowest BCUT2D eigenvalue weighted by Crippen LogP contribution is -2.48. The van der Waals surface area contributed by atoms with Crippen LogP contribution in [0.3, 0.4) is 0 Å². The van der Waals surface area contributed by atoms with Gasteiger partial charge in [0.05, 0.1) is 0 Å². The monoisotopic (exact) mass is 196 g/mol. The van der Waals surface area contributed by atoms with E-state index in [0.717, 1.165) is 12.1 Å². The van der Waals surface area contributed by atoms with Crippen LogP contribution in [0.15, 0.2) is 0 Å². The summed E-state index contributed by atoms with van der Waals surface area (Å²) in [5.41, 5.74) is 0.681. The summed E-state index contributed by atoms with van der Waals surface area (Å²) in [6, 6.07) is 1.53. The van der Waals surface area contributed by atoms with Gasteiger partial charge in [-0.05, 0) is 51.6 Å². The molecule has 2 rings (SSSR count). The molecule has 1 heterocycles. The fraction of sp³-hybridized carbons (Fsp3) is 1.00. The van der Waals surface area contributed by atoms with Gasteiger partial charge in [-0.2, -0.15) is 0 Å². The van der Waals surface area contributed by atoms with E-state index in [1.165, 1.54) is 38.8 Å².